The number of carbonyl (C=O) groups excluding carboxylic acids is 2. The molecule has 0 aromatic heterocycles. The summed E-state index contributed by atoms with van der Waals surface area (Å²) in [7, 11) is 0. The minimum atomic E-state index is -0.161. The second-order valence-electron chi connectivity index (χ2n) is 5.46. The first-order valence-electron chi connectivity index (χ1n) is 8.22. The number of anilines is 2. The van der Waals surface area contributed by atoms with E-state index in [1.54, 1.807) is 53.4 Å². The van der Waals surface area contributed by atoms with Gasteiger partial charge in [-0.25, -0.2) is 0 Å². The first-order chi connectivity index (χ1) is 12.0. The molecule has 0 aliphatic carbocycles. The van der Waals surface area contributed by atoms with Gasteiger partial charge in [0.1, 0.15) is 0 Å². The average Bonchev–Trinajstić information content (AvgIpc) is 2.63. The largest absolute Gasteiger partial charge is 0.376 e. The minimum Gasteiger partial charge on any atom is -0.376 e. The van der Waals surface area contributed by atoms with Crippen molar-refractivity contribution in [1.29, 1.82) is 0 Å². The number of nitrogens with one attached hydrogen (secondary N) is 2. The second kappa shape index (κ2) is 9.08. The average molecular weight is 360 g/mol. The minimum absolute atomic E-state index is 0.0111. The van der Waals surface area contributed by atoms with Gasteiger partial charge in [-0.1, -0.05) is 11.6 Å². The van der Waals surface area contributed by atoms with Crippen LogP contribution in [0.25, 0.3) is 0 Å². The maximum Gasteiger partial charge on any atom is 0.253 e. The van der Waals surface area contributed by atoms with Gasteiger partial charge in [-0.2, -0.15) is 0 Å². The van der Waals surface area contributed by atoms with E-state index in [1.807, 2.05) is 13.8 Å². The van der Waals surface area contributed by atoms with Crippen LogP contribution < -0.4 is 10.6 Å². The molecule has 0 heterocycles. The van der Waals surface area contributed by atoms with Crippen LogP contribution in [0.5, 0.6) is 0 Å². The van der Waals surface area contributed by atoms with E-state index in [9.17, 15) is 9.59 Å². The predicted molar refractivity (Wildman–Crippen MR) is 102 cm³/mol. The number of rotatable bonds is 7. The smallest absolute Gasteiger partial charge is 0.253 e. The maximum absolute atomic E-state index is 12.2. The van der Waals surface area contributed by atoms with Gasteiger partial charge < -0.3 is 15.5 Å². The quantitative estimate of drug-likeness (QED) is 0.788. The monoisotopic (exact) mass is 359 g/mol. The normalized spacial score (nSPS) is 10.2. The highest BCUT2D eigenvalue weighted by Gasteiger charge is 2.12. The van der Waals surface area contributed by atoms with Gasteiger partial charge in [-0.3, -0.25) is 9.59 Å². The number of hydrogen-bond acceptors (Lipinski definition) is 3. The van der Waals surface area contributed by atoms with Crippen molar-refractivity contribution in [2.45, 2.75) is 13.8 Å². The molecule has 2 amide bonds. The van der Waals surface area contributed by atoms with Gasteiger partial charge in [0.2, 0.25) is 5.91 Å². The molecule has 0 radical (unpaired) electrons. The maximum atomic E-state index is 12.2. The first kappa shape index (κ1) is 18.8. The Labute approximate surface area is 153 Å². The lowest BCUT2D eigenvalue weighted by Crippen LogP contribution is -2.30. The Morgan fingerprint density at radius 1 is 0.920 bits per heavy atom. The van der Waals surface area contributed by atoms with Crippen LogP contribution >= 0.6 is 11.6 Å². The lowest BCUT2D eigenvalue weighted by Gasteiger charge is -2.18. The molecule has 132 valence electrons. The number of halogens is 1. The van der Waals surface area contributed by atoms with Gasteiger partial charge in [0, 0.05) is 35.1 Å². The number of amides is 2. The van der Waals surface area contributed by atoms with E-state index in [-0.39, 0.29) is 18.4 Å². The fourth-order valence-corrected chi connectivity index (χ4v) is 2.47. The van der Waals surface area contributed by atoms with Crippen molar-refractivity contribution in [1.82, 2.24) is 4.90 Å². The molecule has 2 rings (SSSR count). The molecule has 0 spiro atoms. The molecule has 0 fully saturated rings. The lowest BCUT2D eigenvalue weighted by molar-refractivity contribution is -0.114. The van der Waals surface area contributed by atoms with Crippen LogP contribution in [-0.4, -0.2) is 36.3 Å². The van der Waals surface area contributed by atoms with Crippen LogP contribution in [0.4, 0.5) is 11.4 Å². The molecule has 0 bridgehead atoms. The summed E-state index contributed by atoms with van der Waals surface area (Å²) in [6, 6.07) is 14.0. The zero-order chi connectivity index (χ0) is 18.2. The number of benzene rings is 2. The summed E-state index contributed by atoms with van der Waals surface area (Å²) in [5.74, 6) is -0.150. The van der Waals surface area contributed by atoms with Crippen LogP contribution in [0.3, 0.4) is 0 Å². The van der Waals surface area contributed by atoms with Crippen molar-refractivity contribution < 1.29 is 9.59 Å². The molecule has 0 unspecified atom stereocenters. The van der Waals surface area contributed by atoms with Gasteiger partial charge >= 0.3 is 0 Å². The van der Waals surface area contributed by atoms with Gasteiger partial charge in [0.15, 0.2) is 0 Å². The van der Waals surface area contributed by atoms with Gasteiger partial charge in [-0.05, 0) is 62.4 Å². The fourth-order valence-electron chi connectivity index (χ4n) is 2.34. The second-order valence-corrected chi connectivity index (χ2v) is 5.90. The SMILES string of the molecule is CCN(CC)C(=O)c1ccc(NCC(=O)Nc2ccc(Cl)cc2)cc1. The van der Waals surface area contributed by atoms with Crippen molar-refractivity contribution >= 4 is 34.8 Å². The molecular weight excluding hydrogens is 338 g/mol. The Kier molecular flexibility index (Phi) is 6.83. The molecule has 2 aromatic rings. The lowest BCUT2D eigenvalue weighted by atomic mass is 10.2. The summed E-state index contributed by atoms with van der Waals surface area (Å²) in [5.41, 5.74) is 2.11. The Bertz CT molecular complexity index is 710. The molecule has 0 aliphatic rings. The van der Waals surface area contributed by atoms with E-state index < -0.39 is 0 Å². The number of hydrogen-bond donors (Lipinski definition) is 2. The summed E-state index contributed by atoms with van der Waals surface area (Å²) in [5, 5.41) is 6.44. The molecule has 0 saturated carbocycles. The zero-order valence-electron chi connectivity index (χ0n) is 14.4. The topological polar surface area (TPSA) is 61.4 Å². The molecule has 2 N–H and O–H groups in total. The van der Waals surface area contributed by atoms with Gasteiger partial charge in [0.05, 0.1) is 6.54 Å². The molecule has 5 nitrogen and oxygen atoms in total. The van der Waals surface area contributed by atoms with E-state index in [1.165, 1.54) is 0 Å². The molecule has 0 atom stereocenters. The van der Waals surface area contributed by atoms with Crippen LogP contribution in [0, 0.1) is 0 Å². The van der Waals surface area contributed by atoms with E-state index in [0.717, 1.165) is 5.69 Å². The van der Waals surface area contributed by atoms with Crippen molar-refractivity contribution in [2.24, 2.45) is 0 Å². The van der Waals surface area contributed by atoms with Crippen LogP contribution in [0.1, 0.15) is 24.2 Å². The van der Waals surface area contributed by atoms with Crippen LogP contribution in [0.15, 0.2) is 48.5 Å². The molecule has 25 heavy (non-hydrogen) atoms. The molecule has 6 heteroatoms. The zero-order valence-corrected chi connectivity index (χ0v) is 15.1. The van der Waals surface area contributed by atoms with Crippen molar-refractivity contribution in [3.8, 4) is 0 Å². The number of nitrogens with zero attached hydrogens (tertiary/aromatic N) is 1. The highest BCUT2D eigenvalue weighted by molar-refractivity contribution is 6.30. The summed E-state index contributed by atoms with van der Waals surface area (Å²) in [6.07, 6.45) is 0. The Balaban J connectivity index is 1.87. The molecule has 0 aliphatic heterocycles. The Morgan fingerprint density at radius 3 is 2.04 bits per heavy atom. The summed E-state index contributed by atoms with van der Waals surface area (Å²) in [6.45, 7) is 5.40. The fraction of sp³-hybridized carbons (Fsp3) is 0.263. The summed E-state index contributed by atoms with van der Waals surface area (Å²) < 4.78 is 0. The van der Waals surface area contributed by atoms with E-state index in [0.29, 0.717) is 29.4 Å². The first-order valence-corrected chi connectivity index (χ1v) is 8.60. The Morgan fingerprint density at radius 2 is 1.48 bits per heavy atom. The van der Waals surface area contributed by atoms with Crippen LogP contribution in [-0.2, 0) is 4.79 Å². The van der Waals surface area contributed by atoms with Gasteiger partial charge in [0.25, 0.3) is 5.91 Å². The molecular formula is C19H22ClN3O2. The van der Waals surface area contributed by atoms with Crippen molar-refractivity contribution in [2.75, 3.05) is 30.3 Å². The van der Waals surface area contributed by atoms with Crippen LogP contribution in [0.2, 0.25) is 5.02 Å². The third-order valence-electron chi connectivity index (χ3n) is 3.76. The van der Waals surface area contributed by atoms with E-state index in [2.05, 4.69) is 10.6 Å². The van der Waals surface area contributed by atoms with Crippen molar-refractivity contribution in [3.63, 3.8) is 0 Å². The predicted octanol–water partition coefficient (Wildman–Crippen LogP) is 3.87. The summed E-state index contributed by atoms with van der Waals surface area (Å²) >= 11 is 5.81. The third kappa shape index (κ3) is 5.50. The van der Waals surface area contributed by atoms with Crippen molar-refractivity contribution in [3.05, 3.63) is 59.1 Å². The Hall–Kier alpha value is -2.53. The molecule has 2 aromatic carbocycles. The highest BCUT2D eigenvalue weighted by Crippen LogP contribution is 2.14. The standard InChI is InChI=1S/C19H22ClN3O2/c1-3-23(4-2)19(25)14-5-9-16(10-6-14)21-13-18(24)22-17-11-7-15(20)8-12-17/h5-12,21H,3-4,13H2,1-2H3,(H,22,24). The van der Waals surface area contributed by atoms with E-state index >= 15 is 0 Å². The van der Waals surface area contributed by atoms with Gasteiger partial charge in [-0.15, -0.1) is 0 Å². The third-order valence-corrected chi connectivity index (χ3v) is 4.02. The number of carbonyl (C=O) groups is 2. The van der Waals surface area contributed by atoms with E-state index in [4.69, 9.17) is 11.6 Å². The summed E-state index contributed by atoms with van der Waals surface area (Å²) in [4.78, 5) is 26.0. The highest BCUT2D eigenvalue weighted by atomic mass is 35.5. The molecule has 0 saturated heterocycles.